The highest BCUT2D eigenvalue weighted by atomic mass is 31.2. The average molecular weight is 207 g/mol. The SMILES string of the molecule is CCC(C1CCNCC1)P(=O)(O)O. The minimum Gasteiger partial charge on any atom is -0.324 e. The van der Waals surface area contributed by atoms with Crippen molar-refractivity contribution in [1.29, 1.82) is 0 Å². The van der Waals surface area contributed by atoms with Crippen LogP contribution in [0.1, 0.15) is 26.2 Å². The molecule has 1 aliphatic heterocycles. The van der Waals surface area contributed by atoms with E-state index in [1.54, 1.807) is 0 Å². The number of hydrogen-bond acceptors (Lipinski definition) is 2. The number of nitrogens with one attached hydrogen (secondary N) is 1. The highest BCUT2D eigenvalue weighted by Gasteiger charge is 2.34. The molecular formula is C8H18NO3P. The van der Waals surface area contributed by atoms with Gasteiger partial charge in [-0.2, -0.15) is 0 Å². The molecule has 1 atom stereocenters. The van der Waals surface area contributed by atoms with Crippen molar-refractivity contribution in [1.82, 2.24) is 5.32 Å². The van der Waals surface area contributed by atoms with Crippen molar-refractivity contribution in [3.63, 3.8) is 0 Å². The first kappa shape index (κ1) is 11.2. The summed E-state index contributed by atoms with van der Waals surface area (Å²) < 4.78 is 11.1. The van der Waals surface area contributed by atoms with Crippen molar-refractivity contribution in [3.8, 4) is 0 Å². The number of rotatable bonds is 3. The van der Waals surface area contributed by atoms with E-state index in [1.807, 2.05) is 6.92 Å². The minimum atomic E-state index is -3.87. The van der Waals surface area contributed by atoms with Gasteiger partial charge in [-0.05, 0) is 38.3 Å². The molecule has 0 spiro atoms. The van der Waals surface area contributed by atoms with Crippen molar-refractivity contribution < 1.29 is 14.4 Å². The van der Waals surface area contributed by atoms with Gasteiger partial charge in [-0.25, -0.2) is 0 Å². The van der Waals surface area contributed by atoms with E-state index in [9.17, 15) is 4.57 Å². The molecule has 0 aromatic carbocycles. The van der Waals surface area contributed by atoms with Crippen LogP contribution < -0.4 is 5.32 Å². The molecule has 4 nitrogen and oxygen atoms in total. The maximum Gasteiger partial charge on any atom is 0.328 e. The summed E-state index contributed by atoms with van der Waals surface area (Å²) in [6.07, 6.45) is 2.36. The zero-order chi connectivity index (χ0) is 9.90. The van der Waals surface area contributed by atoms with E-state index < -0.39 is 13.3 Å². The van der Waals surface area contributed by atoms with Crippen LogP contribution in [0.4, 0.5) is 0 Å². The molecule has 1 saturated heterocycles. The molecular weight excluding hydrogens is 189 g/mol. The largest absolute Gasteiger partial charge is 0.328 e. The summed E-state index contributed by atoms with van der Waals surface area (Å²) in [5.74, 6) is 0.201. The highest BCUT2D eigenvalue weighted by molar-refractivity contribution is 7.52. The summed E-state index contributed by atoms with van der Waals surface area (Å²) in [5, 5.41) is 3.19. The van der Waals surface area contributed by atoms with Gasteiger partial charge in [-0.15, -0.1) is 0 Å². The Morgan fingerprint density at radius 2 is 2.00 bits per heavy atom. The van der Waals surface area contributed by atoms with E-state index >= 15 is 0 Å². The fraction of sp³-hybridized carbons (Fsp3) is 1.00. The molecule has 1 rings (SSSR count). The van der Waals surface area contributed by atoms with Gasteiger partial charge in [-0.1, -0.05) is 6.92 Å². The maximum atomic E-state index is 11.1. The predicted octanol–water partition coefficient (Wildman–Crippen LogP) is 0.942. The molecule has 0 aromatic rings. The van der Waals surface area contributed by atoms with Gasteiger partial charge in [0.15, 0.2) is 0 Å². The standard InChI is InChI=1S/C8H18NO3P/c1-2-8(13(10,11)12)7-3-5-9-6-4-7/h7-9H,2-6H2,1H3,(H2,10,11,12). The highest BCUT2D eigenvalue weighted by Crippen LogP contribution is 2.48. The van der Waals surface area contributed by atoms with Crippen molar-refractivity contribution in [2.75, 3.05) is 13.1 Å². The van der Waals surface area contributed by atoms with Gasteiger partial charge in [0.25, 0.3) is 0 Å². The third-order valence-corrected chi connectivity index (χ3v) is 4.43. The normalized spacial score (nSPS) is 23.0. The van der Waals surface area contributed by atoms with Crippen LogP contribution in [0.2, 0.25) is 0 Å². The Hall–Kier alpha value is 0.110. The van der Waals surface area contributed by atoms with Crippen LogP contribution >= 0.6 is 7.60 Å². The summed E-state index contributed by atoms with van der Waals surface area (Å²) in [7, 11) is -3.87. The number of hydrogen-bond donors (Lipinski definition) is 3. The summed E-state index contributed by atoms with van der Waals surface area (Å²) in [5.41, 5.74) is -0.422. The minimum absolute atomic E-state index is 0.201. The first-order valence-corrected chi connectivity index (χ1v) is 6.49. The molecule has 0 aromatic heterocycles. The topological polar surface area (TPSA) is 69.6 Å². The summed E-state index contributed by atoms with van der Waals surface area (Å²) in [6.45, 7) is 3.63. The Morgan fingerprint density at radius 3 is 2.38 bits per heavy atom. The quantitative estimate of drug-likeness (QED) is 0.602. The molecule has 1 fully saturated rings. The van der Waals surface area contributed by atoms with Crippen molar-refractivity contribution in [2.45, 2.75) is 31.8 Å². The van der Waals surface area contributed by atoms with Gasteiger partial charge >= 0.3 is 7.60 Å². The lowest BCUT2D eigenvalue weighted by molar-refractivity contribution is 0.294. The van der Waals surface area contributed by atoms with Gasteiger partial charge in [-0.3, -0.25) is 4.57 Å². The Morgan fingerprint density at radius 1 is 1.46 bits per heavy atom. The molecule has 78 valence electrons. The zero-order valence-electron chi connectivity index (χ0n) is 7.94. The fourth-order valence-corrected chi connectivity index (χ4v) is 3.40. The van der Waals surface area contributed by atoms with E-state index in [4.69, 9.17) is 9.79 Å². The summed E-state index contributed by atoms with van der Waals surface area (Å²) in [4.78, 5) is 18.2. The molecule has 1 unspecified atom stereocenters. The Balaban J connectivity index is 2.59. The lowest BCUT2D eigenvalue weighted by Crippen LogP contribution is -2.33. The lowest BCUT2D eigenvalue weighted by Gasteiger charge is -2.30. The monoisotopic (exact) mass is 207 g/mol. The second kappa shape index (κ2) is 4.56. The van der Waals surface area contributed by atoms with Crippen molar-refractivity contribution >= 4 is 7.60 Å². The van der Waals surface area contributed by atoms with Crippen LogP contribution in [0.5, 0.6) is 0 Å². The summed E-state index contributed by atoms with van der Waals surface area (Å²) >= 11 is 0. The molecule has 13 heavy (non-hydrogen) atoms. The molecule has 0 saturated carbocycles. The molecule has 1 aliphatic rings. The van der Waals surface area contributed by atoms with Crippen LogP contribution in [0, 0.1) is 5.92 Å². The van der Waals surface area contributed by atoms with Crippen LogP contribution in [-0.4, -0.2) is 28.5 Å². The first-order chi connectivity index (χ1) is 6.05. The van der Waals surface area contributed by atoms with Crippen LogP contribution in [0.15, 0.2) is 0 Å². The Kier molecular flexibility index (Phi) is 3.92. The van der Waals surface area contributed by atoms with E-state index in [-0.39, 0.29) is 5.92 Å². The van der Waals surface area contributed by atoms with E-state index in [0.29, 0.717) is 6.42 Å². The molecule has 3 N–H and O–H groups in total. The van der Waals surface area contributed by atoms with E-state index in [1.165, 1.54) is 0 Å². The molecule has 1 heterocycles. The Bertz CT molecular complexity index is 198. The third-order valence-electron chi connectivity index (χ3n) is 2.78. The van der Waals surface area contributed by atoms with E-state index in [2.05, 4.69) is 5.32 Å². The third kappa shape index (κ3) is 3.06. The second-order valence-electron chi connectivity index (χ2n) is 3.65. The van der Waals surface area contributed by atoms with Gasteiger partial charge in [0.2, 0.25) is 0 Å². The molecule has 0 radical (unpaired) electrons. The van der Waals surface area contributed by atoms with Gasteiger partial charge < -0.3 is 15.1 Å². The van der Waals surface area contributed by atoms with Gasteiger partial charge in [0, 0.05) is 0 Å². The van der Waals surface area contributed by atoms with Crippen molar-refractivity contribution in [2.24, 2.45) is 5.92 Å². The predicted molar refractivity (Wildman–Crippen MR) is 51.7 cm³/mol. The second-order valence-corrected chi connectivity index (χ2v) is 5.49. The molecule has 0 aliphatic carbocycles. The summed E-state index contributed by atoms with van der Waals surface area (Å²) in [6, 6.07) is 0. The van der Waals surface area contributed by atoms with Crippen LogP contribution in [0.3, 0.4) is 0 Å². The first-order valence-electron chi connectivity index (χ1n) is 4.81. The molecule has 5 heteroatoms. The average Bonchev–Trinajstić information content (AvgIpc) is 2.05. The molecule has 0 bridgehead atoms. The van der Waals surface area contributed by atoms with E-state index in [0.717, 1.165) is 25.9 Å². The number of piperidine rings is 1. The molecule has 0 amide bonds. The van der Waals surface area contributed by atoms with Crippen molar-refractivity contribution in [3.05, 3.63) is 0 Å². The lowest BCUT2D eigenvalue weighted by atomic mass is 9.93. The smallest absolute Gasteiger partial charge is 0.324 e. The Labute approximate surface area is 78.9 Å². The van der Waals surface area contributed by atoms with Gasteiger partial charge in [0.1, 0.15) is 0 Å². The van der Waals surface area contributed by atoms with Gasteiger partial charge in [0.05, 0.1) is 5.66 Å². The fourth-order valence-electron chi connectivity index (χ4n) is 2.07. The van der Waals surface area contributed by atoms with Crippen LogP contribution in [-0.2, 0) is 4.57 Å². The zero-order valence-corrected chi connectivity index (χ0v) is 8.83. The van der Waals surface area contributed by atoms with Crippen LogP contribution in [0.25, 0.3) is 0 Å². The maximum absolute atomic E-state index is 11.1.